The van der Waals surface area contributed by atoms with Crippen LogP contribution < -0.4 is 5.48 Å². The van der Waals surface area contributed by atoms with Crippen LogP contribution in [0, 0.1) is 5.92 Å². The van der Waals surface area contributed by atoms with Crippen molar-refractivity contribution in [2.45, 2.75) is 25.7 Å². The first kappa shape index (κ1) is 16.7. The Morgan fingerprint density at radius 1 is 1.17 bits per heavy atom. The summed E-state index contributed by atoms with van der Waals surface area (Å²) in [5, 5.41) is 10.0. The van der Waals surface area contributed by atoms with Crippen LogP contribution in [-0.2, 0) is 0 Å². The van der Waals surface area contributed by atoms with Gasteiger partial charge in [0.05, 0.1) is 5.69 Å². The van der Waals surface area contributed by atoms with E-state index in [1.807, 2.05) is 24.3 Å². The fourth-order valence-corrected chi connectivity index (χ4v) is 3.26. The Morgan fingerprint density at radius 3 is 2.67 bits per heavy atom. The van der Waals surface area contributed by atoms with E-state index >= 15 is 0 Å². The Kier molecular flexibility index (Phi) is 5.68. The lowest BCUT2D eigenvalue weighted by molar-refractivity contribution is 0.229. The zero-order valence-electron chi connectivity index (χ0n) is 13.5. The molecule has 0 radical (unpaired) electrons. The predicted molar refractivity (Wildman–Crippen MR) is 99.8 cm³/mol. The molecule has 0 aliphatic heterocycles. The average Bonchev–Trinajstić information content (AvgIpc) is 2.62. The molecule has 0 fully saturated rings. The predicted octanol–water partition coefficient (Wildman–Crippen LogP) is 5.62. The Bertz CT molecular complexity index is 740. The lowest BCUT2D eigenvalue weighted by atomic mass is 9.84. The number of hydrogen-bond acceptors (Lipinski definition) is 2. The summed E-state index contributed by atoms with van der Waals surface area (Å²) in [5.74, 6) is 1.06. The summed E-state index contributed by atoms with van der Waals surface area (Å²) in [6.45, 7) is 0. The van der Waals surface area contributed by atoms with Crippen LogP contribution in [0.3, 0.4) is 0 Å². The second-order valence-corrected chi connectivity index (χ2v) is 6.53. The number of allylic oxidation sites excluding steroid dienone is 2. The molecule has 3 nitrogen and oxygen atoms in total. The summed E-state index contributed by atoms with van der Waals surface area (Å²) < 4.78 is 0. The highest BCUT2D eigenvalue weighted by Crippen LogP contribution is 2.32. The van der Waals surface area contributed by atoms with Gasteiger partial charge in [0.25, 0.3) is 0 Å². The number of amidine groups is 1. The molecule has 3 rings (SSSR count). The highest BCUT2D eigenvalue weighted by Gasteiger charge is 2.17. The minimum Gasteiger partial charge on any atom is -0.290 e. The van der Waals surface area contributed by atoms with Crippen LogP contribution in [0.2, 0.25) is 5.02 Å². The number of rotatable bonds is 4. The van der Waals surface area contributed by atoms with Crippen molar-refractivity contribution in [3.63, 3.8) is 0 Å². The molecule has 0 aromatic heterocycles. The molecule has 0 saturated carbocycles. The number of aliphatic imine (C=N–C) groups is 1. The molecule has 2 N–H and O–H groups in total. The summed E-state index contributed by atoms with van der Waals surface area (Å²) >= 11 is 5.98. The molecule has 4 heteroatoms. The van der Waals surface area contributed by atoms with E-state index in [-0.39, 0.29) is 0 Å². The maximum Gasteiger partial charge on any atom is 0.126 e. The maximum absolute atomic E-state index is 9.39. The minimum atomic E-state index is 0.482. The first-order valence-electron chi connectivity index (χ1n) is 8.22. The van der Waals surface area contributed by atoms with Gasteiger partial charge in [-0.25, -0.2) is 4.99 Å². The molecule has 2 aromatic rings. The second kappa shape index (κ2) is 8.13. The largest absolute Gasteiger partial charge is 0.290 e. The summed E-state index contributed by atoms with van der Waals surface area (Å²) in [5.41, 5.74) is 5.72. The third-order valence-corrected chi connectivity index (χ3v) is 4.58. The number of halogens is 1. The van der Waals surface area contributed by atoms with Crippen molar-refractivity contribution in [3.05, 3.63) is 71.3 Å². The van der Waals surface area contributed by atoms with Gasteiger partial charge in [-0.15, -0.1) is 0 Å². The first-order valence-corrected chi connectivity index (χ1v) is 8.60. The third-order valence-electron chi connectivity index (χ3n) is 4.35. The molecular formula is C20H21ClN2O. The first-order chi connectivity index (χ1) is 11.7. The van der Waals surface area contributed by atoms with Gasteiger partial charge >= 0.3 is 0 Å². The van der Waals surface area contributed by atoms with Crippen LogP contribution in [0.1, 0.15) is 31.2 Å². The molecule has 1 aliphatic carbocycles. The molecular weight excluding hydrogens is 320 g/mol. The topological polar surface area (TPSA) is 44.6 Å². The van der Waals surface area contributed by atoms with E-state index < -0.39 is 0 Å². The van der Waals surface area contributed by atoms with Crippen molar-refractivity contribution < 1.29 is 5.21 Å². The van der Waals surface area contributed by atoms with E-state index in [2.05, 4.69) is 40.8 Å². The van der Waals surface area contributed by atoms with Gasteiger partial charge < -0.3 is 0 Å². The Labute approximate surface area is 147 Å². The molecule has 0 spiro atoms. The normalized spacial score (nSPS) is 18.2. The molecule has 24 heavy (non-hydrogen) atoms. The van der Waals surface area contributed by atoms with Crippen molar-refractivity contribution in [1.29, 1.82) is 0 Å². The van der Waals surface area contributed by atoms with Gasteiger partial charge in [-0.3, -0.25) is 10.7 Å². The zero-order chi connectivity index (χ0) is 16.8. The maximum atomic E-state index is 9.39. The van der Waals surface area contributed by atoms with Gasteiger partial charge in [-0.2, -0.15) is 0 Å². The van der Waals surface area contributed by atoms with Gasteiger partial charge in [0, 0.05) is 11.4 Å². The van der Waals surface area contributed by atoms with Crippen LogP contribution in [0.4, 0.5) is 5.69 Å². The Balaban J connectivity index is 1.65. The quantitative estimate of drug-likeness (QED) is 0.431. The van der Waals surface area contributed by atoms with E-state index in [1.54, 1.807) is 6.07 Å². The van der Waals surface area contributed by atoms with Crippen LogP contribution in [0.15, 0.2) is 65.7 Å². The van der Waals surface area contributed by atoms with Crippen LogP contribution in [0.5, 0.6) is 0 Å². The zero-order valence-corrected chi connectivity index (χ0v) is 14.2. The lowest BCUT2D eigenvalue weighted by Crippen LogP contribution is -2.23. The van der Waals surface area contributed by atoms with Crippen LogP contribution in [0.25, 0.3) is 5.57 Å². The molecule has 2 aromatic carbocycles. The van der Waals surface area contributed by atoms with Crippen molar-refractivity contribution >= 4 is 28.7 Å². The molecule has 1 unspecified atom stereocenters. The van der Waals surface area contributed by atoms with Gasteiger partial charge in [0.15, 0.2) is 0 Å². The Hall–Kier alpha value is -2.10. The number of nitrogens with zero attached hydrogens (tertiary/aromatic N) is 1. The monoisotopic (exact) mass is 340 g/mol. The molecule has 0 amide bonds. The Morgan fingerprint density at radius 2 is 2.00 bits per heavy atom. The summed E-state index contributed by atoms with van der Waals surface area (Å²) in [6, 6.07) is 17.8. The average molecular weight is 341 g/mol. The minimum absolute atomic E-state index is 0.482. The third kappa shape index (κ3) is 4.47. The van der Waals surface area contributed by atoms with Crippen molar-refractivity contribution in [1.82, 2.24) is 5.48 Å². The lowest BCUT2D eigenvalue weighted by Gasteiger charge is -2.22. The highest BCUT2D eigenvalue weighted by molar-refractivity contribution is 6.30. The standard InChI is InChI=1S/C20H21ClN2O/c21-18-7-4-8-19(14-18)22-20(23-24)13-15-9-11-17(12-10-15)16-5-2-1-3-6-16/h1-8,11,14-15,24H,9-10,12-13H2,(H,22,23). The number of hydroxylamine groups is 1. The van der Waals surface area contributed by atoms with E-state index in [1.165, 1.54) is 11.1 Å². The van der Waals surface area contributed by atoms with Crippen LogP contribution >= 0.6 is 11.6 Å². The molecule has 0 heterocycles. The number of nitrogens with one attached hydrogen (secondary N) is 1. The number of benzene rings is 2. The molecule has 0 saturated heterocycles. The summed E-state index contributed by atoms with van der Waals surface area (Å²) in [6.07, 6.45) is 6.20. The van der Waals surface area contributed by atoms with Crippen molar-refractivity contribution in [2.75, 3.05) is 0 Å². The van der Waals surface area contributed by atoms with E-state index in [4.69, 9.17) is 11.6 Å². The van der Waals surface area contributed by atoms with Gasteiger partial charge in [0.1, 0.15) is 5.84 Å². The van der Waals surface area contributed by atoms with Crippen molar-refractivity contribution in [2.24, 2.45) is 10.9 Å². The molecule has 0 bridgehead atoms. The molecule has 1 atom stereocenters. The fraction of sp³-hybridized carbons (Fsp3) is 0.250. The molecule has 1 aliphatic rings. The van der Waals surface area contributed by atoms with Crippen molar-refractivity contribution in [3.8, 4) is 0 Å². The smallest absolute Gasteiger partial charge is 0.126 e. The van der Waals surface area contributed by atoms with Gasteiger partial charge in [-0.1, -0.05) is 54.1 Å². The number of hydrogen-bond donors (Lipinski definition) is 2. The molecule has 124 valence electrons. The van der Waals surface area contributed by atoms with Gasteiger partial charge in [0.2, 0.25) is 0 Å². The fourth-order valence-electron chi connectivity index (χ4n) is 3.08. The SMILES string of the molecule is ONC(CC1CC=C(c2ccccc2)CC1)=Nc1cccc(Cl)c1. The highest BCUT2D eigenvalue weighted by atomic mass is 35.5. The van der Waals surface area contributed by atoms with Gasteiger partial charge in [-0.05, 0) is 54.5 Å². The van der Waals surface area contributed by atoms with E-state index in [0.29, 0.717) is 16.8 Å². The van der Waals surface area contributed by atoms with E-state index in [9.17, 15) is 5.21 Å². The van der Waals surface area contributed by atoms with Crippen LogP contribution in [-0.4, -0.2) is 11.0 Å². The summed E-state index contributed by atoms with van der Waals surface area (Å²) in [7, 11) is 0. The summed E-state index contributed by atoms with van der Waals surface area (Å²) in [4.78, 5) is 4.46. The second-order valence-electron chi connectivity index (χ2n) is 6.09. The van der Waals surface area contributed by atoms with E-state index in [0.717, 1.165) is 31.4 Å².